The van der Waals surface area contributed by atoms with Gasteiger partial charge in [-0.15, -0.1) is 0 Å². The second kappa shape index (κ2) is 11.4. The van der Waals surface area contributed by atoms with Crippen LogP contribution in [0.15, 0.2) is 48.5 Å². The van der Waals surface area contributed by atoms with Crippen LogP contribution >= 0.6 is 0 Å². The van der Waals surface area contributed by atoms with E-state index in [9.17, 15) is 9.59 Å². The van der Waals surface area contributed by atoms with Crippen molar-refractivity contribution in [1.29, 1.82) is 0 Å². The van der Waals surface area contributed by atoms with Crippen molar-refractivity contribution >= 4 is 11.7 Å². The van der Waals surface area contributed by atoms with Crippen molar-refractivity contribution in [2.24, 2.45) is 11.8 Å². The first-order valence-corrected chi connectivity index (χ1v) is 12.8. The molecule has 3 rings (SSSR count). The molecule has 1 aliphatic rings. The van der Waals surface area contributed by atoms with Crippen LogP contribution in [-0.2, 0) is 21.4 Å². The van der Waals surface area contributed by atoms with Gasteiger partial charge in [-0.2, -0.15) is 0 Å². The van der Waals surface area contributed by atoms with Crippen molar-refractivity contribution < 1.29 is 17.2 Å². The fraction of sp³-hybridized carbons (Fsp3) is 0.533. The maximum Gasteiger partial charge on any atom is 0.222 e. The molecule has 2 aromatic carbocycles. The lowest BCUT2D eigenvalue weighted by Gasteiger charge is -2.28. The molecule has 0 aliphatic carbocycles. The summed E-state index contributed by atoms with van der Waals surface area (Å²) in [6.45, 7) is 11.1. The molecule has 0 radical (unpaired) electrons. The van der Waals surface area contributed by atoms with Gasteiger partial charge < -0.3 is 10.1 Å². The summed E-state index contributed by atoms with van der Waals surface area (Å²) >= 11 is 0. The van der Waals surface area contributed by atoms with E-state index in [-0.39, 0.29) is 43.9 Å². The summed E-state index contributed by atoms with van der Waals surface area (Å²) in [5.74, 6) is 0.773. The molecule has 1 heterocycles. The normalized spacial score (nSPS) is 21.7. The van der Waals surface area contributed by atoms with Crippen LogP contribution in [0.3, 0.4) is 0 Å². The Balaban J connectivity index is 0.00000342. The number of likely N-dealkylation sites (tertiary alicyclic amines) is 1. The number of hydrogen-bond donors (Lipinski definition) is 1. The second-order valence-electron chi connectivity index (χ2n) is 10.9. The monoisotopic (exact) mass is 482 g/mol. The molecule has 4 atom stereocenters. The summed E-state index contributed by atoms with van der Waals surface area (Å²) in [6.07, 6.45) is 2.13. The number of Topliss-reactive ketones (excluding diaryl/α,β-unsaturated/α-hetero) is 1. The molecule has 1 N–H and O–H groups in total. The van der Waals surface area contributed by atoms with E-state index in [2.05, 4.69) is 67.4 Å². The van der Waals surface area contributed by atoms with Gasteiger partial charge in [0.05, 0.1) is 13.2 Å². The number of rotatable bonds is 9. The highest BCUT2D eigenvalue weighted by Gasteiger charge is 2.47. The van der Waals surface area contributed by atoms with Gasteiger partial charge in [0, 0.05) is 27.3 Å². The van der Waals surface area contributed by atoms with E-state index < -0.39 is 0 Å². The van der Waals surface area contributed by atoms with E-state index >= 15 is 0 Å². The summed E-state index contributed by atoms with van der Waals surface area (Å²) < 4.78 is 5.28. The molecule has 0 bridgehead atoms. The van der Waals surface area contributed by atoms with E-state index in [1.54, 1.807) is 7.11 Å². The molecule has 1 amide bonds. The summed E-state index contributed by atoms with van der Waals surface area (Å²) in [7, 11) is 3.71. The van der Waals surface area contributed by atoms with Crippen LogP contribution in [0.4, 0.5) is 0 Å². The van der Waals surface area contributed by atoms with Crippen LogP contribution in [0.5, 0.6) is 5.75 Å². The zero-order valence-electron chi connectivity index (χ0n) is 22.4. The van der Waals surface area contributed by atoms with Gasteiger partial charge in [0.25, 0.3) is 0 Å². The number of benzene rings is 2. The van der Waals surface area contributed by atoms with E-state index in [1.807, 2.05) is 33.0 Å². The van der Waals surface area contributed by atoms with Crippen molar-refractivity contribution in [2.75, 3.05) is 20.7 Å². The average molecular weight is 483 g/mol. The first kappa shape index (κ1) is 26.9. The number of aryl methyl sites for hydroxylation is 1. The van der Waals surface area contributed by atoms with Crippen molar-refractivity contribution in [3.05, 3.63) is 65.2 Å². The quantitative estimate of drug-likeness (QED) is 0.489. The highest BCUT2D eigenvalue weighted by atomic mass is 16.5. The predicted octanol–water partition coefficient (Wildman–Crippen LogP) is 5.82. The minimum Gasteiger partial charge on any atom is -0.497 e. The van der Waals surface area contributed by atoms with E-state index in [4.69, 9.17) is 4.74 Å². The lowest BCUT2D eigenvalue weighted by atomic mass is 9.83. The largest absolute Gasteiger partial charge is 0.497 e. The molecular weight excluding hydrogens is 436 g/mol. The Hall–Kier alpha value is -2.66. The first-order chi connectivity index (χ1) is 16.6. The second-order valence-corrected chi connectivity index (χ2v) is 10.9. The summed E-state index contributed by atoms with van der Waals surface area (Å²) in [4.78, 5) is 28.4. The van der Waals surface area contributed by atoms with Gasteiger partial charge in [0.1, 0.15) is 5.75 Å². The Morgan fingerprint density at radius 3 is 2.29 bits per heavy atom. The molecule has 2 unspecified atom stereocenters. The van der Waals surface area contributed by atoms with E-state index in [0.717, 1.165) is 18.6 Å². The highest BCUT2D eigenvalue weighted by molar-refractivity contribution is 5.90. The van der Waals surface area contributed by atoms with Crippen LogP contribution in [0.2, 0.25) is 0 Å². The maximum atomic E-state index is 13.8. The minimum atomic E-state index is -0.263. The molecular formula is C30H46N2O3. The number of nitrogens with zero attached hydrogens (tertiary/aromatic N) is 1. The van der Waals surface area contributed by atoms with Crippen LogP contribution in [0, 0.1) is 11.8 Å². The molecule has 0 spiro atoms. The molecule has 194 valence electrons. The smallest absolute Gasteiger partial charge is 0.222 e. The number of ketones is 1. The van der Waals surface area contributed by atoms with Crippen LogP contribution < -0.4 is 10.1 Å². The fourth-order valence-corrected chi connectivity index (χ4v) is 5.22. The third kappa shape index (κ3) is 6.32. The number of ether oxygens (including phenoxy) is 1. The zero-order chi connectivity index (χ0) is 25.8. The number of likely N-dealkylation sites (N-methyl/N-ethyl adjacent to an activating group) is 1. The number of nitrogens with one attached hydrogen (secondary N) is 1. The first-order valence-electron chi connectivity index (χ1n) is 12.8. The van der Waals surface area contributed by atoms with Gasteiger partial charge in [-0.05, 0) is 67.5 Å². The van der Waals surface area contributed by atoms with Gasteiger partial charge in [-0.3, -0.25) is 14.5 Å². The minimum absolute atomic E-state index is 0. The van der Waals surface area contributed by atoms with Crippen molar-refractivity contribution in [3.8, 4) is 5.75 Å². The molecule has 5 nitrogen and oxygen atoms in total. The standard InChI is InChI=1S/C30H42N2O3.2H2/c1-8-31-29(34)20(2)19-26-28(33)25(18-11-21-9-16-24(35-7)17-10-21)27(32(26)6)22-12-14-23(15-13-22)30(3,4)5;;/h9-10,12-17,20,25-27H,8,11,18-19H2,1-7H3,(H,31,34);2*1H/t20?,25?,26-,27-;;/m0../s1. The SMILES string of the molecule is CCNC(=O)C(C)C[C@H]1C(=O)C(CCc2ccc(OC)cc2)[C@H](c2ccc(C(C)(C)C)cc2)N1C.[HH].[HH]. The molecule has 1 saturated heterocycles. The molecule has 1 aliphatic heterocycles. The molecule has 1 fully saturated rings. The van der Waals surface area contributed by atoms with E-state index in [0.29, 0.717) is 13.0 Å². The topological polar surface area (TPSA) is 58.6 Å². The Bertz CT molecular complexity index is 1000. The van der Waals surface area contributed by atoms with Gasteiger partial charge >= 0.3 is 0 Å². The Morgan fingerprint density at radius 1 is 1.11 bits per heavy atom. The molecule has 35 heavy (non-hydrogen) atoms. The highest BCUT2D eigenvalue weighted by Crippen LogP contribution is 2.42. The number of carbonyl (C=O) groups is 2. The van der Waals surface area contributed by atoms with Crippen molar-refractivity contribution in [3.63, 3.8) is 0 Å². The Morgan fingerprint density at radius 2 is 1.74 bits per heavy atom. The molecule has 5 heteroatoms. The number of amides is 1. The zero-order valence-corrected chi connectivity index (χ0v) is 22.4. The fourth-order valence-electron chi connectivity index (χ4n) is 5.22. The summed E-state index contributed by atoms with van der Waals surface area (Å²) in [6, 6.07) is 16.6. The lowest BCUT2D eigenvalue weighted by molar-refractivity contribution is -0.126. The summed E-state index contributed by atoms with van der Waals surface area (Å²) in [5, 5.41) is 2.90. The average Bonchev–Trinajstić information content (AvgIpc) is 3.06. The Labute approximate surface area is 214 Å². The third-order valence-electron chi connectivity index (χ3n) is 7.40. The number of carbonyl (C=O) groups excluding carboxylic acids is 2. The number of methoxy groups -OCH3 is 1. The molecule has 2 aromatic rings. The van der Waals surface area contributed by atoms with Crippen LogP contribution in [0.1, 0.15) is 73.0 Å². The van der Waals surface area contributed by atoms with Crippen LogP contribution in [-0.4, -0.2) is 43.3 Å². The molecule has 0 aromatic heterocycles. The predicted molar refractivity (Wildman–Crippen MR) is 146 cm³/mol. The molecule has 0 saturated carbocycles. The van der Waals surface area contributed by atoms with Gasteiger partial charge in [-0.25, -0.2) is 0 Å². The van der Waals surface area contributed by atoms with Gasteiger partial charge in [0.15, 0.2) is 5.78 Å². The van der Waals surface area contributed by atoms with Crippen molar-refractivity contribution in [2.45, 2.75) is 71.4 Å². The van der Waals surface area contributed by atoms with Crippen LogP contribution in [0.25, 0.3) is 0 Å². The Kier molecular flexibility index (Phi) is 8.76. The number of hydrogen-bond acceptors (Lipinski definition) is 4. The van der Waals surface area contributed by atoms with E-state index in [1.165, 1.54) is 16.7 Å². The third-order valence-corrected chi connectivity index (χ3v) is 7.40. The van der Waals surface area contributed by atoms with Gasteiger partial charge in [0.2, 0.25) is 5.91 Å². The van der Waals surface area contributed by atoms with Crippen molar-refractivity contribution in [1.82, 2.24) is 10.2 Å². The van der Waals surface area contributed by atoms with Gasteiger partial charge in [-0.1, -0.05) is 64.1 Å². The summed E-state index contributed by atoms with van der Waals surface area (Å²) in [5.41, 5.74) is 3.72. The maximum absolute atomic E-state index is 13.8. The lowest BCUT2D eigenvalue weighted by Crippen LogP contribution is -2.37.